The lowest BCUT2D eigenvalue weighted by atomic mass is 9.77. The van der Waals surface area contributed by atoms with Gasteiger partial charge in [-0.3, -0.25) is 4.79 Å². The second-order valence-electron chi connectivity index (χ2n) is 10.3. The van der Waals surface area contributed by atoms with Crippen LogP contribution in [0.2, 0.25) is 0 Å². The molecule has 2 atom stereocenters. The van der Waals surface area contributed by atoms with Crippen molar-refractivity contribution in [3.8, 4) is 11.5 Å². The molecule has 2 unspecified atom stereocenters. The number of para-hydroxylation sites is 1. The summed E-state index contributed by atoms with van der Waals surface area (Å²) in [6.07, 6.45) is 0.0785. The van der Waals surface area contributed by atoms with Crippen molar-refractivity contribution in [2.24, 2.45) is 5.92 Å². The smallest absolute Gasteiger partial charge is 0.408 e. The second-order valence-corrected chi connectivity index (χ2v) is 10.3. The van der Waals surface area contributed by atoms with Crippen LogP contribution in [-0.4, -0.2) is 40.3 Å². The van der Waals surface area contributed by atoms with Crippen LogP contribution in [-0.2, 0) is 27.2 Å². The fourth-order valence-electron chi connectivity index (χ4n) is 4.08. The summed E-state index contributed by atoms with van der Waals surface area (Å²) in [4.78, 5) is 37.8. The van der Waals surface area contributed by atoms with Crippen LogP contribution in [0.15, 0.2) is 48.5 Å². The molecule has 0 saturated heterocycles. The van der Waals surface area contributed by atoms with Crippen LogP contribution in [0.1, 0.15) is 52.2 Å². The molecule has 188 valence electrons. The standard InChI is InChI=1S/C27H34N2O6/c1-17(2)22(28-25(33)35-26(3,4)5)23(30)29-27(24(31)32)14-13-18-15-21(12-11-19(18)16-27)34-20-9-7-6-8-10-20/h6-12,15,17,22H,13-14,16H2,1-5H3,(H,28,33)(H,29,30)(H,31,32). The Bertz CT molecular complexity index is 1080. The molecule has 0 aromatic heterocycles. The molecule has 0 aliphatic heterocycles. The molecule has 2 aromatic rings. The van der Waals surface area contributed by atoms with Gasteiger partial charge in [0.1, 0.15) is 28.7 Å². The average Bonchev–Trinajstić information content (AvgIpc) is 2.76. The van der Waals surface area contributed by atoms with Crippen LogP contribution in [0.3, 0.4) is 0 Å². The molecule has 0 bridgehead atoms. The highest BCUT2D eigenvalue weighted by atomic mass is 16.6. The van der Waals surface area contributed by atoms with E-state index in [2.05, 4.69) is 10.6 Å². The first-order chi connectivity index (χ1) is 16.4. The van der Waals surface area contributed by atoms with E-state index in [4.69, 9.17) is 9.47 Å². The number of aryl methyl sites for hydroxylation is 1. The highest BCUT2D eigenvalue weighted by Crippen LogP contribution is 2.33. The number of fused-ring (bicyclic) bond motifs is 1. The second kappa shape index (κ2) is 10.4. The van der Waals surface area contributed by atoms with E-state index in [1.807, 2.05) is 42.5 Å². The quantitative estimate of drug-likeness (QED) is 0.537. The zero-order valence-corrected chi connectivity index (χ0v) is 20.9. The van der Waals surface area contributed by atoms with Crippen LogP contribution < -0.4 is 15.4 Å². The maximum Gasteiger partial charge on any atom is 0.408 e. The number of carboxylic acid groups (broad SMARTS) is 1. The number of nitrogens with one attached hydrogen (secondary N) is 2. The predicted octanol–water partition coefficient (Wildman–Crippen LogP) is 4.46. The fraction of sp³-hybridized carbons (Fsp3) is 0.444. The van der Waals surface area contributed by atoms with Gasteiger partial charge in [-0.05, 0) is 74.9 Å². The largest absolute Gasteiger partial charge is 0.479 e. The van der Waals surface area contributed by atoms with Gasteiger partial charge in [-0.2, -0.15) is 0 Å². The molecule has 3 N–H and O–H groups in total. The Morgan fingerprint density at radius 2 is 1.69 bits per heavy atom. The van der Waals surface area contributed by atoms with Crippen LogP contribution in [0.4, 0.5) is 4.79 Å². The molecule has 2 aromatic carbocycles. The molecular formula is C27H34N2O6. The lowest BCUT2D eigenvalue weighted by Gasteiger charge is -2.37. The number of carbonyl (C=O) groups excluding carboxylic acids is 2. The molecule has 1 aliphatic rings. The van der Waals surface area contributed by atoms with Crippen molar-refractivity contribution in [3.63, 3.8) is 0 Å². The Kier molecular flexibility index (Phi) is 7.73. The summed E-state index contributed by atoms with van der Waals surface area (Å²) in [6, 6.07) is 14.0. The number of hydrogen-bond donors (Lipinski definition) is 3. The zero-order chi connectivity index (χ0) is 25.8. The zero-order valence-electron chi connectivity index (χ0n) is 20.9. The predicted molar refractivity (Wildman–Crippen MR) is 131 cm³/mol. The Labute approximate surface area is 206 Å². The molecule has 2 amide bonds. The topological polar surface area (TPSA) is 114 Å². The van der Waals surface area contributed by atoms with E-state index in [-0.39, 0.29) is 18.8 Å². The van der Waals surface area contributed by atoms with Crippen LogP contribution in [0.25, 0.3) is 0 Å². The SMILES string of the molecule is CC(C)C(NC(=O)OC(C)(C)C)C(=O)NC1(C(=O)O)CCc2cc(Oc3ccccc3)ccc2C1. The van der Waals surface area contributed by atoms with Crippen molar-refractivity contribution < 1.29 is 29.0 Å². The number of hydrogen-bond acceptors (Lipinski definition) is 5. The number of ether oxygens (including phenoxy) is 2. The average molecular weight is 483 g/mol. The molecule has 8 nitrogen and oxygen atoms in total. The van der Waals surface area contributed by atoms with E-state index in [1.165, 1.54) is 0 Å². The number of aliphatic carboxylic acids is 1. The number of rotatable bonds is 7. The molecule has 1 aliphatic carbocycles. The van der Waals surface area contributed by atoms with E-state index < -0.39 is 35.2 Å². The Hall–Kier alpha value is -3.55. The first-order valence-corrected chi connectivity index (χ1v) is 11.8. The minimum absolute atomic E-state index is 0.131. The molecule has 35 heavy (non-hydrogen) atoms. The molecule has 0 heterocycles. The summed E-state index contributed by atoms with van der Waals surface area (Å²) in [6.45, 7) is 8.74. The molecule has 8 heteroatoms. The van der Waals surface area contributed by atoms with Crippen LogP contribution in [0, 0.1) is 5.92 Å². The molecule has 0 saturated carbocycles. The minimum Gasteiger partial charge on any atom is -0.479 e. The number of carbonyl (C=O) groups is 3. The van der Waals surface area contributed by atoms with Crippen LogP contribution in [0.5, 0.6) is 11.5 Å². The first kappa shape index (κ1) is 26.1. The van der Waals surface area contributed by atoms with Crippen molar-refractivity contribution >= 4 is 18.0 Å². The first-order valence-electron chi connectivity index (χ1n) is 11.8. The number of alkyl carbamates (subject to hydrolysis) is 1. The van der Waals surface area contributed by atoms with Gasteiger partial charge in [0.15, 0.2) is 0 Å². The van der Waals surface area contributed by atoms with Crippen LogP contribution >= 0.6 is 0 Å². The highest BCUT2D eigenvalue weighted by molar-refractivity contribution is 5.92. The number of carboxylic acids is 1. The van der Waals surface area contributed by atoms with Gasteiger partial charge in [-0.15, -0.1) is 0 Å². The maximum atomic E-state index is 13.2. The van der Waals surface area contributed by atoms with Gasteiger partial charge in [-0.1, -0.05) is 38.1 Å². The monoisotopic (exact) mass is 482 g/mol. The molecule has 0 fully saturated rings. The van der Waals surface area contributed by atoms with Gasteiger partial charge in [0, 0.05) is 6.42 Å². The van der Waals surface area contributed by atoms with Gasteiger partial charge in [0.25, 0.3) is 0 Å². The third-order valence-corrected chi connectivity index (χ3v) is 5.86. The highest BCUT2D eigenvalue weighted by Gasteiger charge is 2.44. The number of amides is 2. The van der Waals surface area contributed by atoms with E-state index in [0.29, 0.717) is 17.9 Å². The molecule has 0 radical (unpaired) electrons. The summed E-state index contributed by atoms with van der Waals surface area (Å²) < 4.78 is 11.2. The van der Waals surface area contributed by atoms with Gasteiger partial charge in [0.05, 0.1) is 0 Å². The summed E-state index contributed by atoms with van der Waals surface area (Å²) in [5.74, 6) is -0.556. The van der Waals surface area contributed by atoms with Gasteiger partial charge < -0.3 is 25.2 Å². The fourth-order valence-corrected chi connectivity index (χ4v) is 4.08. The summed E-state index contributed by atoms with van der Waals surface area (Å²) in [5, 5.41) is 15.4. The summed E-state index contributed by atoms with van der Waals surface area (Å²) in [7, 11) is 0. The Balaban J connectivity index is 1.75. The lowest BCUT2D eigenvalue weighted by molar-refractivity contribution is -0.148. The lowest BCUT2D eigenvalue weighted by Crippen LogP contribution is -2.62. The Morgan fingerprint density at radius 1 is 1.00 bits per heavy atom. The molecular weight excluding hydrogens is 448 g/mol. The summed E-state index contributed by atoms with van der Waals surface area (Å²) >= 11 is 0. The van der Waals surface area contributed by atoms with Crippen molar-refractivity contribution in [1.29, 1.82) is 0 Å². The van der Waals surface area contributed by atoms with E-state index in [0.717, 1.165) is 11.1 Å². The normalized spacial score (nSPS) is 18.2. The minimum atomic E-state index is -1.48. The Morgan fingerprint density at radius 3 is 2.29 bits per heavy atom. The summed E-state index contributed by atoms with van der Waals surface area (Å²) in [5.41, 5.74) is -0.382. The third-order valence-electron chi connectivity index (χ3n) is 5.86. The van der Waals surface area contributed by atoms with E-state index in [9.17, 15) is 19.5 Å². The van der Waals surface area contributed by atoms with Gasteiger partial charge >= 0.3 is 12.1 Å². The van der Waals surface area contributed by atoms with Crippen molar-refractivity contribution in [1.82, 2.24) is 10.6 Å². The number of benzene rings is 2. The van der Waals surface area contributed by atoms with Crippen molar-refractivity contribution in [3.05, 3.63) is 59.7 Å². The maximum absolute atomic E-state index is 13.2. The third kappa shape index (κ3) is 6.74. The van der Waals surface area contributed by atoms with E-state index in [1.54, 1.807) is 40.7 Å². The molecule has 0 spiro atoms. The molecule has 3 rings (SSSR count). The van der Waals surface area contributed by atoms with Gasteiger partial charge in [-0.25, -0.2) is 9.59 Å². The van der Waals surface area contributed by atoms with Gasteiger partial charge in [0.2, 0.25) is 5.91 Å². The van der Waals surface area contributed by atoms with Crippen molar-refractivity contribution in [2.45, 2.75) is 71.1 Å². The van der Waals surface area contributed by atoms with E-state index >= 15 is 0 Å². The van der Waals surface area contributed by atoms with Crippen molar-refractivity contribution in [2.75, 3.05) is 0 Å².